The van der Waals surface area contributed by atoms with Crippen LogP contribution in [0.3, 0.4) is 0 Å². The standard InChI is InChI=1S/C25H22F3N3O2/c1-15-14-22(32)23(29-31(15)21-9-5-4-8-19(21)25(26,27)28)24(33)30(17-11-12-17)20-13-10-16-6-2-3-7-18(16)20/h2-9,14,17,20H,10-13H2,1H3. The summed E-state index contributed by atoms with van der Waals surface area (Å²) in [5.41, 5.74) is 0.413. The van der Waals surface area contributed by atoms with Crippen LogP contribution in [0.15, 0.2) is 59.4 Å². The third-order valence-corrected chi connectivity index (χ3v) is 6.36. The number of hydrogen-bond acceptors (Lipinski definition) is 3. The highest BCUT2D eigenvalue weighted by Crippen LogP contribution is 2.42. The van der Waals surface area contributed by atoms with Gasteiger partial charge in [0.15, 0.2) is 5.69 Å². The van der Waals surface area contributed by atoms with Gasteiger partial charge in [-0.1, -0.05) is 36.4 Å². The number of halogens is 3. The molecule has 2 aromatic carbocycles. The van der Waals surface area contributed by atoms with Gasteiger partial charge in [0.05, 0.1) is 17.3 Å². The maximum Gasteiger partial charge on any atom is 0.418 e. The molecule has 0 spiro atoms. The van der Waals surface area contributed by atoms with E-state index in [4.69, 9.17) is 0 Å². The van der Waals surface area contributed by atoms with Gasteiger partial charge in [0.1, 0.15) is 0 Å². The normalized spacial score (nSPS) is 17.6. The molecule has 8 heteroatoms. The molecule has 5 rings (SSSR count). The summed E-state index contributed by atoms with van der Waals surface area (Å²) in [5, 5.41) is 4.19. The lowest BCUT2D eigenvalue weighted by molar-refractivity contribution is -0.137. The van der Waals surface area contributed by atoms with Crippen molar-refractivity contribution in [2.75, 3.05) is 0 Å². The van der Waals surface area contributed by atoms with Crippen LogP contribution in [0.4, 0.5) is 13.2 Å². The minimum atomic E-state index is -4.61. The average molecular weight is 453 g/mol. The van der Waals surface area contributed by atoms with E-state index in [1.165, 1.54) is 36.8 Å². The maximum absolute atomic E-state index is 13.6. The zero-order chi connectivity index (χ0) is 23.3. The minimum absolute atomic E-state index is 0.00655. The van der Waals surface area contributed by atoms with Crippen molar-refractivity contribution < 1.29 is 18.0 Å². The van der Waals surface area contributed by atoms with E-state index in [0.29, 0.717) is 0 Å². The summed E-state index contributed by atoms with van der Waals surface area (Å²) in [6, 6.07) is 14.0. The van der Waals surface area contributed by atoms with Gasteiger partial charge in [0.2, 0.25) is 5.43 Å². The third-order valence-electron chi connectivity index (χ3n) is 6.36. The second-order valence-electron chi connectivity index (χ2n) is 8.62. The molecule has 1 unspecified atom stereocenters. The highest BCUT2D eigenvalue weighted by atomic mass is 19.4. The quantitative estimate of drug-likeness (QED) is 0.568. The molecule has 5 nitrogen and oxygen atoms in total. The molecule has 1 fully saturated rings. The summed E-state index contributed by atoms with van der Waals surface area (Å²) in [6.07, 6.45) is -1.35. The van der Waals surface area contributed by atoms with Gasteiger partial charge in [0.25, 0.3) is 5.91 Å². The highest BCUT2D eigenvalue weighted by Gasteiger charge is 2.42. The molecule has 0 saturated heterocycles. The summed E-state index contributed by atoms with van der Waals surface area (Å²) in [4.78, 5) is 28.2. The number of para-hydroxylation sites is 1. The Morgan fingerprint density at radius 2 is 1.76 bits per heavy atom. The van der Waals surface area contributed by atoms with Gasteiger partial charge in [-0.3, -0.25) is 9.59 Å². The topological polar surface area (TPSA) is 55.2 Å². The Balaban J connectivity index is 1.59. The number of alkyl halides is 3. The van der Waals surface area contributed by atoms with Gasteiger partial charge in [-0.05, 0) is 55.9 Å². The van der Waals surface area contributed by atoms with E-state index in [1.54, 1.807) is 4.90 Å². The van der Waals surface area contributed by atoms with E-state index in [-0.39, 0.29) is 29.2 Å². The Kier molecular flexibility index (Phi) is 5.11. The van der Waals surface area contributed by atoms with Crippen LogP contribution in [0.25, 0.3) is 5.69 Å². The van der Waals surface area contributed by atoms with Crippen molar-refractivity contribution in [3.05, 3.63) is 92.9 Å². The largest absolute Gasteiger partial charge is 0.418 e. The van der Waals surface area contributed by atoms with Crippen molar-refractivity contribution in [2.24, 2.45) is 0 Å². The van der Waals surface area contributed by atoms with Crippen LogP contribution in [0.2, 0.25) is 0 Å². The van der Waals surface area contributed by atoms with Crippen molar-refractivity contribution in [1.29, 1.82) is 0 Å². The van der Waals surface area contributed by atoms with Crippen molar-refractivity contribution >= 4 is 5.91 Å². The number of aromatic nitrogens is 2. The van der Waals surface area contributed by atoms with E-state index in [9.17, 15) is 22.8 Å². The van der Waals surface area contributed by atoms with Crippen molar-refractivity contribution in [3.63, 3.8) is 0 Å². The lowest BCUT2D eigenvalue weighted by Crippen LogP contribution is -2.40. The SMILES string of the molecule is Cc1cc(=O)c(C(=O)N(C2CC2)C2CCc3ccccc32)nn1-c1ccccc1C(F)(F)F. The van der Waals surface area contributed by atoms with E-state index in [1.807, 2.05) is 24.3 Å². The Labute approximate surface area is 188 Å². The first-order valence-electron chi connectivity index (χ1n) is 10.9. The number of hydrogen-bond donors (Lipinski definition) is 0. The summed E-state index contributed by atoms with van der Waals surface area (Å²) < 4.78 is 41.9. The van der Waals surface area contributed by atoms with Crippen LogP contribution in [0.1, 0.15) is 58.2 Å². The molecule has 2 aliphatic carbocycles. The highest BCUT2D eigenvalue weighted by molar-refractivity contribution is 5.93. The molecule has 0 aliphatic heterocycles. The van der Waals surface area contributed by atoms with Crippen molar-refractivity contribution in [3.8, 4) is 5.69 Å². The van der Waals surface area contributed by atoms with Crippen LogP contribution in [-0.4, -0.2) is 26.6 Å². The van der Waals surface area contributed by atoms with Crippen molar-refractivity contribution in [2.45, 2.75) is 50.9 Å². The summed E-state index contributed by atoms with van der Waals surface area (Å²) >= 11 is 0. The third kappa shape index (κ3) is 3.83. The molecule has 3 aromatic rings. The number of nitrogens with zero attached hydrogens (tertiary/aromatic N) is 3. The predicted octanol–water partition coefficient (Wildman–Crippen LogP) is 4.85. The Morgan fingerprint density at radius 3 is 2.48 bits per heavy atom. The van der Waals surface area contributed by atoms with Crippen LogP contribution in [0, 0.1) is 6.92 Å². The molecule has 2 aliphatic rings. The molecule has 1 amide bonds. The molecule has 1 aromatic heterocycles. The molecule has 170 valence electrons. The lowest BCUT2D eigenvalue weighted by atomic mass is 10.1. The number of aryl methyl sites for hydroxylation is 2. The molecule has 0 radical (unpaired) electrons. The van der Waals surface area contributed by atoms with Gasteiger partial charge in [-0.2, -0.15) is 18.3 Å². The van der Waals surface area contributed by atoms with Crippen LogP contribution in [0.5, 0.6) is 0 Å². The van der Waals surface area contributed by atoms with Gasteiger partial charge in [-0.15, -0.1) is 0 Å². The minimum Gasteiger partial charge on any atom is -0.327 e. The number of carbonyl (C=O) groups excluding carboxylic acids is 1. The summed E-state index contributed by atoms with van der Waals surface area (Å²) in [5.74, 6) is -0.526. The predicted molar refractivity (Wildman–Crippen MR) is 116 cm³/mol. The van der Waals surface area contributed by atoms with Crippen LogP contribution in [-0.2, 0) is 12.6 Å². The molecular formula is C25H22F3N3O2. The molecule has 0 N–H and O–H groups in total. The zero-order valence-electron chi connectivity index (χ0n) is 18.0. The Morgan fingerprint density at radius 1 is 1.06 bits per heavy atom. The fraction of sp³-hybridized carbons (Fsp3) is 0.320. The lowest BCUT2D eigenvalue weighted by Gasteiger charge is -2.29. The fourth-order valence-corrected chi connectivity index (χ4v) is 4.70. The first-order chi connectivity index (χ1) is 15.8. The zero-order valence-corrected chi connectivity index (χ0v) is 18.0. The first kappa shape index (κ1) is 21.4. The van der Waals surface area contributed by atoms with E-state index in [2.05, 4.69) is 5.10 Å². The molecule has 33 heavy (non-hydrogen) atoms. The number of amides is 1. The molecule has 1 saturated carbocycles. The Hall–Kier alpha value is -3.42. The summed E-state index contributed by atoms with van der Waals surface area (Å²) in [6.45, 7) is 1.50. The number of benzene rings is 2. The van der Waals surface area contributed by atoms with Gasteiger partial charge in [0, 0.05) is 17.8 Å². The first-order valence-corrected chi connectivity index (χ1v) is 10.9. The second kappa shape index (κ2) is 7.86. The smallest absolute Gasteiger partial charge is 0.327 e. The van der Waals surface area contributed by atoms with Crippen molar-refractivity contribution in [1.82, 2.24) is 14.7 Å². The Bertz CT molecular complexity index is 1290. The molecule has 0 bridgehead atoms. The maximum atomic E-state index is 13.6. The molecule has 1 heterocycles. The van der Waals surface area contributed by atoms with Crippen LogP contribution < -0.4 is 5.43 Å². The van der Waals surface area contributed by atoms with Crippen LogP contribution >= 0.6 is 0 Å². The van der Waals surface area contributed by atoms with Gasteiger partial charge >= 0.3 is 6.18 Å². The second-order valence-corrected chi connectivity index (χ2v) is 8.62. The van der Waals surface area contributed by atoms with E-state index < -0.39 is 23.1 Å². The summed E-state index contributed by atoms with van der Waals surface area (Å²) in [7, 11) is 0. The van der Waals surface area contributed by atoms with E-state index >= 15 is 0 Å². The number of carbonyl (C=O) groups is 1. The molecular weight excluding hydrogens is 431 g/mol. The fourth-order valence-electron chi connectivity index (χ4n) is 4.70. The monoisotopic (exact) mass is 453 g/mol. The number of rotatable bonds is 4. The average Bonchev–Trinajstić information content (AvgIpc) is 3.52. The van der Waals surface area contributed by atoms with Gasteiger partial charge < -0.3 is 4.90 Å². The van der Waals surface area contributed by atoms with Gasteiger partial charge in [-0.25, -0.2) is 4.68 Å². The van der Waals surface area contributed by atoms with E-state index in [0.717, 1.165) is 42.0 Å². The number of fused-ring (bicyclic) bond motifs is 1. The molecule has 1 atom stereocenters.